The normalized spacial score (nSPS) is 13.6. The van der Waals surface area contributed by atoms with E-state index in [0.29, 0.717) is 17.2 Å². The fourth-order valence-corrected chi connectivity index (χ4v) is 4.44. The van der Waals surface area contributed by atoms with Gasteiger partial charge in [0.15, 0.2) is 0 Å². The molecule has 26 heavy (non-hydrogen) atoms. The van der Waals surface area contributed by atoms with Crippen molar-refractivity contribution in [3.8, 4) is 0 Å². The highest BCUT2D eigenvalue weighted by Crippen LogP contribution is 2.37. The lowest BCUT2D eigenvalue weighted by atomic mass is 10.1. The maximum Gasteiger partial charge on any atom is 0.341 e. The summed E-state index contributed by atoms with van der Waals surface area (Å²) in [5, 5.41) is 3.42. The average Bonchev–Trinajstić information content (AvgIpc) is 2.83. The number of fused-ring (bicyclic) bond motifs is 1. The molecule has 0 fully saturated rings. The van der Waals surface area contributed by atoms with Crippen LogP contribution in [-0.2, 0) is 33.7 Å². The Labute approximate surface area is 157 Å². The second-order valence-corrected chi connectivity index (χ2v) is 7.39. The van der Waals surface area contributed by atoms with Crippen LogP contribution < -0.4 is 5.32 Å². The van der Waals surface area contributed by atoms with Gasteiger partial charge in [0.1, 0.15) is 11.6 Å². The third-order valence-corrected chi connectivity index (χ3v) is 5.62. The van der Waals surface area contributed by atoms with E-state index in [1.807, 2.05) is 30.3 Å². The van der Waals surface area contributed by atoms with Crippen LogP contribution in [0.15, 0.2) is 30.3 Å². The third-order valence-electron chi connectivity index (χ3n) is 4.41. The zero-order valence-corrected chi connectivity index (χ0v) is 15.7. The van der Waals surface area contributed by atoms with Gasteiger partial charge < -0.3 is 14.8 Å². The van der Waals surface area contributed by atoms with Gasteiger partial charge in [-0.3, -0.25) is 4.79 Å². The fourth-order valence-electron chi connectivity index (χ4n) is 3.15. The minimum Gasteiger partial charge on any atom is -0.465 e. The summed E-state index contributed by atoms with van der Waals surface area (Å²) in [5.74, 6) is -0.646. The molecular formula is C20H23NO4S. The first-order valence-electron chi connectivity index (χ1n) is 8.83. The second kappa shape index (κ2) is 8.96. The molecule has 0 spiro atoms. The fraction of sp³-hybridized carbons (Fsp3) is 0.400. The number of hydrogen-bond acceptors (Lipinski definition) is 5. The lowest BCUT2D eigenvalue weighted by Gasteiger charge is -2.08. The summed E-state index contributed by atoms with van der Waals surface area (Å²) >= 11 is 1.49. The Balaban J connectivity index is 1.66. The number of ether oxygens (including phenoxy) is 2. The highest BCUT2D eigenvalue weighted by atomic mass is 32.1. The molecule has 138 valence electrons. The number of carbonyl (C=O) groups is 2. The second-order valence-electron chi connectivity index (χ2n) is 6.29. The van der Waals surface area contributed by atoms with Gasteiger partial charge in [-0.2, -0.15) is 0 Å². The Morgan fingerprint density at radius 3 is 2.65 bits per heavy atom. The molecule has 5 nitrogen and oxygen atoms in total. The maximum absolute atomic E-state index is 12.3. The van der Waals surface area contributed by atoms with Crippen molar-refractivity contribution >= 4 is 28.2 Å². The zero-order chi connectivity index (χ0) is 18.4. The molecule has 6 heteroatoms. The molecule has 1 aromatic heterocycles. The summed E-state index contributed by atoms with van der Waals surface area (Å²) in [5.41, 5.74) is 2.57. The Morgan fingerprint density at radius 1 is 1.12 bits per heavy atom. The Bertz CT molecular complexity index is 770. The lowest BCUT2D eigenvalue weighted by Crippen LogP contribution is -2.19. The van der Waals surface area contributed by atoms with Crippen molar-refractivity contribution in [3.05, 3.63) is 51.9 Å². The Hall–Kier alpha value is -2.18. The van der Waals surface area contributed by atoms with Crippen LogP contribution in [0.1, 0.15) is 45.6 Å². The van der Waals surface area contributed by atoms with Gasteiger partial charge in [-0.15, -0.1) is 11.3 Å². The number of aryl methyl sites for hydroxylation is 1. The van der Waals surface area contributed by atoms with Crippen LogP contribution >= 0.6 is 11.3 Å². The predicted octanol–water partition coefficient (Wildman–Crippen LogP) is 3.96. The monoisotopic (exact) mass is 373 g/mol. The maximum atomic E-state index is 12.3. The van der Waals surface area contributed by atoms with Crippen molar-refractivity contribution < 1.29 is 19.1 Å². The van der Waals surface area contributed by atoms with Gasteiger partial charge in [0.05, 0.1) is 19.3 Å². The largest absolute Gasteiger partial charge is 0.465 e. The van der Waals surface area contributed by atoms with E-state index in [2.05, 4.69) is 5.32 Å². The lowest BCUT2D eigenvalue weighted by molar-refractivity contribution is -0.120. The average molecular weight is 373 g/mol. The topological polar surface area (TPSA) is 64.6 Å². The smallest absolute Gasteiger partial charge is 0.341 e. The van der Waals surface area contributed by atoms with Crippen molar-refractivity contribution in [1.29, 1.82) is 0 Å². The number of esters is 1. The van der Waals surface area contributed by atoms with Crippen molar-refractivity contribution in [2.45, 2.75) is 38.7 Å². The molecule has 0 saturated heterocycles. The number of methoxy groups -OCH3 is 1. The summed E-state index contributed by atoms with van der Waals surface area (Å²) in [7, 11) is 1.37. The van der Waals surface area contributed by atoms with Gasteiger partial charge >= 0.3 is 5.97 Å². The SMILES string of the molecule is COC(=O)c1c(NC(=O)COCc2ccccc2)sc2c1CCCCC2. The number of carbonyl (C=O) groups excluding carboxylic acids is 2. The summed E-state index contributed by atoms with van der Waals surface area (Å²) in [4.78, 5) is 25.7. The highest BCUT2D eigenvalue weighted by Gasteiger charge is 2.26. The van der Waals surface area contributed by atoms with Crippen molar-refractivity contribution in [2.75, 3.05) is 19.0 Å². The van der Waals surface area contributed by atoms with Crippen molar-refractivity contribution in [2.24, 2.45) is 0 Å². The van der Waals surface area contributed by atoms with E-state index in [9.17, 15) is 9.59 Å². The Kier molecular flexibility index (Phi) is 6.41. The first kappa shape index (κ1) is 18.6. The highest BCUT2D eigenvalue weighted by molar-refractivity contribution is 7.17. The van der Waals surface area contributed by atoms with E-state index >= 15 is 0 Å². The van der Waals surface area contributed by atoms with Crippen LogP contribution in [-0.4, -0.2) is 25.6 Å². The van der Waals surface area contributed by atoms with Crippen molar-refractivity contribution in [3.63, 3.8) is 0 Å². The van der Waals surface area contributed by atoms with Crippen LogP contribution in [0.2, 0.25) is 0 Å². The molecule has 0 bridgehead atoms. The first-order chi connectivity index (χ1) is 12.7. The molecule has 1 aliphatic carbocycles. The summed E-state index contributed by atoms with van der Waals surface area (Å²) in [6, 6.07) is 9.69. The Morgan fingerprint density at radius 2 is 1.88 bits per heavy atom. The predicted molar refractivity (Wildman–Crippen MR) is 102 cm³/mol. The molecule has 2 aromatic rings. The molecule has 0 saturated carbocycles. The van der Waals surface area contributed by atoms with E-state index in [4.69, 9.17) is 9.47 Å². The van der Waals surface area contributed by atoms with E-state index in [0.717, 1.165) is 43.2 Å². The standard InChI is InChI=1S/C20H23NO4S/c1-24-20(23)18-15-10-6-3-7-11-16(15)26-19(18)21-17(22)13-25-12-14-8-4-2-5-9-14/h2,4-5,8-9H,3,6-7,10-13H2,1H3,(H,21,22). The van der Waals surface area contributed by atoms with E-state index in [1.54, 1.807) is 0 Å². The van der Waals surface area contributed by atoms with Crippen LogP contribution in [0.25, 0.3) is 0 Å². The van der Waals surface area contributed by atoms with Crippen LogP contribution in [0.3, 0.4) is 0 Å². The molecular weight excluding hydrogens is 350 g/mol. The van der Waals surface area contributed by atoms with E-state index in [-0.39, 0.29) is 18.5 Å². The van der Waals surface area contributed by atoms with Crippen molar-refractivity contribution in [1.82, 2.24) is 0 Å². The molecule has 3 rings (SSSR count). The molecule has 1 heterocycles. The number of nitrogens with one attached hydrogen (secondary N) is 1. The van der Waals surface area contributed by atoms with Gasteiger partial charge in [-0.1, -0.05) is 36.8 Å². The van der Waals surface area contributed by atoms with E-state index < -0.39 is 0 Å². The van der Waals surface area contributed by atoms with Gasteiger partial charge in [-0.25, -0.2) is 4.79 Å². The minimum atomic E-state index is -0.384. The van der Waals surface area contributed by atoms with Crippen LogP contribution in [0.5, 0.6) is 0 Å². The summed E-state index contributed by atoms with van der Waals surface area (Å²) in [6.45, 7) is 0.317. The number of benzene rings is 1. The molecule has 0 aliphatic heterocycles. The molecule has 0 atom stereocenters. The van der Waals surface area contributed by atoms with Gasteiger partial charge in [0, 0.05) is 4.88 Å². The number of rotatable bonds is 6. The zero-order valence-electron chi connectivity index (χ0n) is 14.9. The summed E-state index contributed by atoms with van der Waals surface area (Å²) < 4.78 is 10.4. The van der Waals surface area contributed by atoms with Crippen LogP contribution in [0.4, 0.5) is 5.00 Å². The van der Waals surface area contributed by atoms with Gasteiger partial charge in [-0.05, 0) is 36.8 Å². The minimum absolute atomic E-state index is 0.0575. The van der Waals surface area contributed by atoms with E-state index in [1.165, 1.54) is 23.3 Å². The number of amides is 1. The van der Waals surface area contributed by atoms with Gasteiger partial charge in [0.25, 0.3) is 5.91 Å². The molecule has 1 aromatic carbocycles. The summed E-state index contributed by atoms with van der Waals surface area (Å²) in [6.07, 6.45) is 5.14. The number of thiophene rings is 1. The quantitative estimate of drug-likeness (QED) is 0.615. The first-order valence-corrected chi connectivity index (χ1v) is 9.65. The number of hydrogen-bond donors (Lipinski definition) is 1. The third kappa shape index (κ3) is 4.51. The molecule has 0 unspecified atom stereocenters. The van der Waals surface area contributed by atoms with Crippen LogP contribution in [0, 0.1) is 0 Å². The molecule has 1 amide bonds. The molecule has 1 aliphatic rings. The molecule has 0 radical (unpaired) electrons. The van der Waals surface area contributed by atoms with Gasteiger partial charge in [0.2, 0.25) is 0 Å². The number of anilines is 1. The molecule has 1 N–H and O–H groups in total.